The van der Waals surface area contributed by atoms with Crippen molar-refractivity contribution < 1.29 is 28.6 Å². The molecule has 6 heteroatoms. The summed E-state index contributed by atoms with van der Waals surface area (Å²) in [6.45, 7) is 6.28. The SMILES string of the molecule is CC/C=C\C/C=C\C/C=C\C/C=C\C/C=C\CCCCCC(=O)OCC(COC(=O)CCC/C=C\CCCCCC)OC(=O)CCCCCCC/C=C\C/C=C\CC. The summed E-state index contributed by atoms with van der Waals surface area (Å²) in [6.07, 6.45) is 59.7. The minimum absolute atomic E-state index is 0.111. The first kappa shape index (κ1) is 54.3. The molecule has 0 aromatic heterocycles. The maximum atomic E-state index is 12.7. The predicted molar refractivity (Wildman–Crippen MR) is 247 cm³/mol. The molecule has 58 heavy (non-hydrogen) atoms. The Hall–Kier alpha value is -3.67. The van der Waals surface area contributed by atoms with Gasteiger partial charge in [0.15, 0.2) is 6.10 Å². The number of carbonyl (C=O) groups excluding carboxylic acids is 3. The molecule has 0 fully saturated rings. The van der Waals surface area contributed by atoms with E-state index in [1.54, 1.807) is 0 Å². The van der Waals surface area contributed by atoms with E-state index >= 15 is 0 Å². The summed E-state index contributed by atoms with van der Waals surface area (Å²) < 4.78 is 16.6. The molecule has 0 aromatic carbocycles. The van der Waals surface area contributed by atoms with Crippen LogP contribution in [0, 0.1) is 0 Å². The Morgan fingerprint density at radius 1 is 0.362 bits per heavy atom. The third-order valence-corrected chi connectivity index (χ3v) is 9.30. The number of rotatable bonds is 40. The van der Waals surface area contributed by atoms with Crippen molar-refractivity contribution in [2.24, 2.45) is 0 Å². The molecule has 0 bridgehead atoms. The van der Waals surface area contributed by atoms with Gasteiger partial charge < -0.3 is 14.2 Å². The fourth-order valence-corrected chi connectivity index (χ4v) is 5.86. The lowest BCUT2D eigenvalue weighted by Gasteiger charge is -2.18. The number of allylic oxidation sites excluding steroid dienone is 16. The summed E-state index contributed by atoms with van der Waals surface area (Å²) in [4.78, 5) is 37.7. The van der Waals surface area contributed by atoms with Crippen molar-refractivity contribution in [1.82, 2.24) is 0 Å². The molecular weight excluding hydrogens is 721 g/mol. The fourth-order valence-electron chi connectivity index (χ4n) is 5.86. The Balaban J connectivity index is 4.44. The van der Waals surface area contributed by atoms with Gasteiger partial charge in [-0.3, -0.25) is 14.4 Å². The predicted octanol–water partition coefficient (Wildman–Crippen LogP) is 15.0. The highest BCUT2D eigenvalue weighted by Gasteiger charge is 2.19. The summed E-state index contributed by atoms with van der Waals surface area (Å²) in [5.74, 6) is -1.00. The summed E-state index contributed by atoms with van der Waals surface area (Å²) in [6, 6.07) is 0. The molecule has 1 atom stereocenters. The van der Waals surface area contributed by atoms with Crippen LogP contribution in [0.5, 0.6) is 0 Å². The Morgan fingerprint density at radius 3 is 1.16 bits per heavy atom. The zero-order valence-corrected chi connectivity index (χ0v) is 37.3. The maximum absolute atomic E-state index is 12.7. The van der Waals surface area contributed by atoms with Gasteiger partial charge in [-0.2, -0.15) is 0 Å². The molecule has 0 aliphatic carbocycles. The van der Waals surface area contributed by atoms with E-state index in [0.29, 0.717) is 25.7 Å². The van der Waals surface area contributed by atoms with Crippen molar-refractivity contribution in [1.29, 1.82) is 0 Å². The molecular formula is C52H84O6. The molecule has 328 valence electrons. The molecule has 0 heterocycles. The summed E-state index contributed by atoms with van der Waals surface area (Å²) in [5.41, 5.74) is 0. The minimum atomic E-state index is -0.808. The average Bonchev–Trinajstić information content (AvgIpc) is 3.22. The molecule has 0 N–H and O–H groups in total. The number of hydrogen-bond acceptors (Lipinski definition) is 6. The zero-order chi connectivity index (χ0) is 42.3. The monoisotopic (exact) mass is 805 g/mol. The first-order valence-electron chi connectivity index (χ1n) is 23.2. The highest BCUT2D eigenvalue weighted by molar-refractivity contribution is 5.71. The van der Waals surface area contributed by atoms with E-state index in [1.807, 2.05) is 0 Å². The molecule has 0 saturated carbocycles. The van der Waals surface area contributed by atoms with Crippen LogP contribution in [0.4, 0.5) is 0 Å². The molecule has 6 nitrogen and oxygen atoms in total. The van der Waals surface area contributed by atoms with E-state index in [-0.39, 0.29) is 31.1 Å². The lowest BCUT2D eigenvalue weighted by molar-refractivity contribution is -0.167. The summed E-state index contributed by atoms with van der Waals surface area (Å²) in [5, 5.41) is 0. The van der Waals surface area contributed by atoms with Gasteiger partial charge in [0.25, 0.3) is 0 Å². The quantitative estimate of drug-likeness (QED) is 0.0266. The van der Waals surface area contributed by atoms with Gasteiger partial charge in [0.1, 0.15) is 13.2 Å². The van der Waals surface area contributed by atoms with Crippen LogP contribution >= 0.6 is 0 Å². The van der Waals surface area contributed by atoms with Crippen LogP contribution in [0.25, 0.3) is 0 Å². The van der Waals surface area contributed by atoms with Gasteiger partial charge in [0, 0.05) is 19.3 Å². The van der Waals surface area contributed by atoms with Crippen molar-refractivity contribution in [3.63, 3.8) is 0 Å². The zero-order valence-electron chi connectivity index (χ0n) is 37.3. The molecule has 1 unspecified atom stereocenters. The second-order valence-electron chi connectivity index (χ2n) is 14.9. The number of unbranched alkanes of at least 4 members (excludes halogenated alkanes) is 13. The number of esters is 3. The first-order valence-corrected chi connectivity index (χ1v) is 23.2. The van der Waals surface area contributed by atoms with E-state index < -0.39 is 6.10 Å². The van der Waals surface area contributed by atoms with Gasteiger partial charge in [-0.05, 0) is 109 Å². The summed E-state index contributed by atoms with van der Waals surface area (Å²) in [7, 11) is 0. The molecule has 0 spiro atoms. The number of hydrogen-bond donors (Lipinski definition) is 0. The van der Waals surface area contributed by atoms with Crippen LogP contribution in [0.15, 0.2) is 97.2 Å². The van der Waals surface area contributed by atoms with Crippen LogP contribution in [0.3, 0.4) is 0 Å². The second kappa shape index (κ2) is 46.0. The van der Waals surface area contributed by atoms with Gasteiger partial charge in [-0.25, -0.2) is 0 Å². The Labute approximate surface area is 356 Å². The van der Waals surface area contributed by atoms with Crippen molar-refractivity contribution in [3.05, 3.63) is 97.2 Å². The van der Waals surface area contributed by atoms with Gasteiger partial charge in [0.05, 0.1) is 0 Å². The Kier molecular flexibility index (Phi) is 43.1. The summed E-state index contributed by atoms with van der Waals surface area (Å²) >= 11 is 0. The number of carbonyl (C=O) groups is 3. The molecule has 0 aromatic rings. The molecule has 0 radical (unpaired) electrons. The van der Waals surface area contributed by atoms with Crippen LogP contribution in [-0.2, 0) is 28.6 Å². The number of ether oxygens (including phenoxy) is 3. The van der Waals surface area contributed by atoms with E-state index in [1.165, 1.54) is 25.7 Å². The molecule has 0 aliphatic heterocycles. The normalized spacial score (nSPS) is 12.9. The molecule has 0 amide bonds. The average molecular weight is 805 g/mol. The highest BCUT2D eigenvalue weighted by Crippen LogP contribution is 2.12. The topological polar surface area (TPSA) is 78.9 Å². The Bertz CT molecular complexity index is 1200. The lowest BCUT2D eigenvalue weighted by atomic mass is 10.1. The van der Waals surface area contributed by atoms with Crippen molar-refractivity contribution in [2.75, 3.05) is 13.2 Å². The molecule has 0 rings (SSSR count). The van der Waals surface area contributed by atoms with Gasteiger partial charge >= 0.3 is 17.9 Å². The standard InChI is InChI=1S/C52H84O6/c1-4-7-10-13-16-19-21-23-24-25-26-27-28-29-31-33-36-39-42-45-51(54)57-48-49(47-56-50(53)44-41-38-35-32-18-15-12-9-6-3)58-52(55)46-43-40-37-34-30-22-20-17-14-11-8-5-2/h7-8,10-11,16-17,19-20,23-24,26-27,29,31-32,35,49H,4-6,9,12-15,18,21-22,25,28,30,33-34,36-48H2,1-3H3/b10-7-,11-8-,19-16-,20-17-,24-23-,27-26-,31-29-,35-32-. The lowest BCUT2D eigenvalue weighted by Crippen LogP contribution is -2.30. The second-order valence-corrected chi connectivity index (χ2v) is 14.9. The van der Waals surface area contributed by atoms with Crippen LogP contribution in [-0.4, -0.2) is 37.2 Å². The maximum Gasteiger partial charge on any atom is 0.306 e. The molecule has 0 aliphatic rings. The van der Waals surface area contributed by atoms with Crippen molar-refractivity contribution in [3.8, 4) is 0 Å². The van der Waals surface area contributed by atoms with E-state index in [4.69, 9.17) is 14.2 Å². The Morgan fingerprint density at radius 2 is 0.690 bits per heavy atom. The van der Waals surface area contributed by atoms with Crippen LogP contribution in [0.2, 0.25) is 0 Å². The van der Waals surface area contributed by atoms with E-state index in [9.17, 15) is 14.4 Å². The van der Waals surface area contributed by atoms with E-state index in [2.05, 4.69) is 118 Å². The third kappa shape index (κ3) is 43.5. The smallest absolute Gasteiger partial charge is 0.306 e. The van der Waals surface area contributed by atoms with Gasteiger partial charge in [-0.15, -0.1) is 0 Å². The van der Waals surface area contributed by atoms with Crippen LogP contribution < -0.4 is 0 Å². The van der Waals surface area contributed by atoms with Crippen LogP contribution in [0.1, 0.15) is 194 Å². The fraction of sp³-hybridized carbons (Fsp3) is 0.635. The van der Waals surface area contributed by atoms with E-state index in [0.717, 1.165) is 122 Å². The first-order chi connectivity index (χ1) is 28.5. The van der Waals surface area contributed by atoms with Crippen molar-refractivity contribution in [2.45, 2.75) is 200 Å². The highest BCUT2D eigenvalue weighted by atomic mass is 16.6. The minimum Gasteiger partial charge on any atom is -0.462 e. The van der Waals surface area contributed by atoms with Gasteiger partial charge in [-0.1, -0.05) is 163 Å². The largest absolute Gasteiger partial charge is 0.462 e. The van der Waals surface area contributed by atoms with Crippen molar-refractivity contribution >= 4 is 17.9 Å². The molecule has 0 saturated heterocycles. The third-order valence-electron chi connectivity index (χ3n) is 9.30. The van der Waals surface area contributed by atoms with Gasteiger partial charge in [0.2, 0.25) is 0 Å².